The molecule has 1 aromatic heterocycles. The zero-order valence-corrected chi connectivity index (χ0v) is 12.1. The van der Waals surface area contributed by atoms with Gasteiger partial charge in [0.1, 0.15) is 0 Å². The number of aromatic nitrogens is 2. The summed E-state index contributed by atoms with van der Waals surface area (Å²) in [4.78, 5) is 0. The molecule has 0 aliphatic carbocycles. The van der Waals surface area contributed by atoms with Crippen LogP contribution < -0.4 is 5.73 Å². The van der Waals surface area contributed by atoms with Gasteiger partial charge in [0, 0.05) is 23.1 Å². The van der Waals surface area contributed by atoms with Gasteiger partial charge >= 0.3 is 0 Å². The second kappa shape index (κ2) is 6.52. The second-order valence-corrected chi connectivity index (χ2v) is 6.33. The molecule has 17 heavy (non-hydrogen) atoms. The van der Waals surface area contributed by atoms with Crippen LogP contribution in [0.3, 0.4) is 0 Å². The van der Waals surface area contributed by atoms with Crippen LogP contribution in [-0.2, 0) is 30.0 Å². The van der Waals surface area contributed by atoms with E-state index in [1.54, 1.807) is 4.68 Å². The number of aryl methyl sites for hydroxylation is 2. The summed E-state index contributed by atoms with van der Waals surface area (Å²) in [5, 5.41) is 5.06. The van der Waals surface area contributed by atoms with Gasteiger partial charge in [0.25, 0.3) is 0 Å². The van der Waals surface area contributed by atoms with E-state index in [-0.39, 0.29) is 5.25 Å². The van der Waals surface area contributed by atoms with Crippen LogP contribution in [0.25, 0.3) is 0 Å². The monoisotopic (exact) mass is 277 g/mol. The first kappa shape index (κ1) is 14.7. The maximum Gasteiger partial charge on any atom is 0.0859 e. The van der Waals surface area contributed by atoms with Crippen molar-refractivity contribution in [2.75, 3.05) is 6.54 Å². The molecular formula is C11H20ClN3OS. The van der Waals surface area contributed by atoms with Gasteiger partial charge in [0.15, 0.2) is 0 Å². The molecule has 0 aliphatic heterocycles. The summed E-state index contributed by atoms with van der Waals surface area (Å²) in [7, 11) is 0.888. The average molecular weight is 278 g/mol. The Hall–Kier alpha value is -0.390. The molecule has 1 heterocycles. The largest absolute Gasteiger partial charge is 0.330 e. The molecule has 4 nitrogen and oxygen atoms in total. The van der Waals surface area contributed by atoms with Crippen molar-refractivity contribution in [1.29, 1.82) is 0 Å². The lowest BCUT2D eigenvalue weighted by Gasteiger charge is -2.10. The van der Waals surface area contributed by atoms with E-state index >= 15 is 0 Å². The molecule has 0 saturated heterocycles. The second-order valence-electron chi connectivity index (χ2n) is 4.10. The van der Waals surface area contributed by atoms with Crippen molar-refractivity contribution in [3.8, 4) is 0 Å². The van der Waals surface area contributed by atoms with Crippen molar-refractivity contribution in [1.82, 2.24) is 9.78 Å². The number of hydrogen-bond donors (Lipinski definition) is 1. The Morgan fingerprint density at radius 2 is 2.24 bits per heavy atom. The Labute approximate surface area is 110 Å². The molecule has 0 aromatic carbocycles. The Morgan fingerprint density at radius 3 is 2.71 bits per heavy atom. The molecule has 1 rings (SSSR count). The van der Waals surface area contributed by atoms with Crippen LogP contribution in [0.15, 0.2) is 0 Å². The molecule has 0 saturated carbocycles. The maximum absolute atomic E-state index is 12.1. The normalized spacial score (nSPS) is 14.9. The van der Waals surface area contributed by atoms with Crippen LogP contribution in [0.5, 0.6) is 0 Å². The number of hydrogen-bond acceptors (Lipinski definition) is 3. The predicted molar refractivity (Wildman–Crippen MR) is 72.6 cm³/mol. The zero-order chi connectivity index (χ0) is 13.0. The molecule has 2 N–H and O–H groups in total. The first-order chi connectivity index (χ1) is 8.01. The van der Waals surface area contributed by atoms with Crippen molar-refractivity contribution in [2.24, 2.45) is 12.8 Å². The Morgan fingerprint density at radius 1 is 1.59 bits per heavy atom. The fourth-order valence-corrected chi connectivity index (χ4v) is 3.34. The highest BCUT2D eigenvalue weighted by atomic mass is 35.5. The lowest BCUT2D eigenvalue weighted by Crippen LogP contribution is -2.18. The molecule has 6 heteroatoms. The van der Waals surface area contributed by atoms with Crippen LogP contribution >= 0.6 is 11.6 Å². The minimum absolute atomic E-state index is 0.0936. The number of nitrogens with two attached hydrogens (primary N) is 1. The lowest BCUT2D eigenvalue weighted by molar-refractivity contribution is 0.659. The fourth-order valence-electron chi connectivity index (χ4n) is 1.62. The van der Waals surface area contributed by atoms with E-state index in [1.807, 2.05) is 20.9 Å². The van der Waals surface area contributed by atoms with Gasteiger partial charge in [-0.05, 0) is 19.4 Å². The van der Waals surface area contributed by atoms with E-state index in [4.69, 9.17) is 17.3 Å². The van der Waals surface area contributed by atoms with Crippen LogP contribution in [0.4, 0.5) is 0 Å². The number of halogens is 1. The third-order valence-electron chi connectivity index (χ3n) is 2.80. The van der Waals surface area contributed by atoms with Crippen molar-refractivity contribution in [3.63, 3.8) is 0 Å². The summed E-state index contributed by atoms with van der Waals surface area (Å²) in [5.41, 5.74) is 7.19. The Bertz CT molecular complexity index is 406. The molecule has 0 amide bonds. The van der Waals surface area contributed by atoms with Gasteiger partial charge in [-0.1, -0.05) is 25.4 Å². The maximum atomic E-state index is 12.1. The number of nitrogens with zero attached hydrogens (tertiary/aromatic N) is 2. The third kappa shape index (κ3) is 3.53. The summed E-state index contributed by atoms with van der Waals surface area (Å²) < 4.78 is 13.8. The van der Waals surface area contributed by atoms with E-state index in [0.717, 1.165) is 24.2 Å². The fraction of sp³-hybridized carbons (Fsp3) is 0.727. The van der Waals surface area contributed by atoms with E-state index in [0.29, 0.717) is 17.3 Å². The highest BCUT2D eigenvalue weighted by molar-refractivity contribution is 7.84. The molecule has 98 valence electrons. The minimum atomic E-state index is -0.950. The first-order valence-corrected chi connectivity index (χ1v) is 7.54. The first-order valence-electron chi connectivity index (χ1n) is 5.78. The molecule has 0 radical (unpaired) electrons. The van der Waals surface area contributed by atoms with E-state index in [2.05, 4.69) is 5.10 Å². The standard InChI is InChI=1S/C11H20ClN3OS/c1-4-9-11(12)10(15(3)14-9)7-17(16)8(2)5-6-13/h8H,4-7,13H2,1-3H3. The Balaban J connectivity index is 2.81. The SMILES string of the molecule is CCc1nn(C)c(CS(=O)C(C)CCN)c1Cl. The molecule has 0 fully saturated rings. The quantitative estimate of drug-likeness (QED) is 0.860. The molecule has 2 atom stereocenters. The summed E-state index contributed by atoms with van der Waals surface area (Å²) in [6.07, 6.45) is 1.56. The average Bonchev–Trinajstić information content (AvgIpc) is 2.56. The van der Waals surface area contributed by atoms with Gasteiger partial charge in [0.2, 0.25) is 0 Å². The van der Waals surface area contributed by atoms with E-state index in [9.17, 15) is 4.21 Å². The summed E-state index contributed by atoms with van der Waals surface area (Å²) in [5.74, 6) is 0.448. The van der Waals surface area contributed by atoms with Gasteiger partial charge in [0.05, 0.1) is 22.2 Å². The molecule has 2 unspecified atom stereocenters. The topological polar surface area (TPSA) is 60.9 Å². The molecule has 0 bridgehead atoms. The summed E-state index contributed by atoms with van der Waals surface area (Å²) in [6, 6.07) is 0. The molecule has 1 aromatic rings. The highest BCUT2D eigenvalue weighted by Crippen LogP contribution is 2.23. The Kier molecular flexibility index (Phi) is 5.62. The van der Waals surface area contributed by atoms with Gasteiger partial charge in [-0.15, -0.1) is 0 Å². The smallest absolute Gasteiger partial charge is 0.0859 e. The molecule has 0 aliphatic rings. The predicted octanol–water partition coefficient (Wildman–Crippen LogP) is 1.62. The van der Waals surface area contributed by atoms with Gasteiger partial charge < -0.3 is 5.73 Å². The summed E-state index contributed by atoms with van der Waals surface area (Å²) in [6.45, 7) is 4.52. The van der Waals surface area contributed by atoms with Crippen molar-refractivity contribution in [2.45, 2.75) is 37.7 Å². The van der Waals surface area contributed by atoms with Gasteiger partial charge in [-0.25, -0.2) is 0 Å². The van der Waals surface area contributed by atoms with E-state index < -0.39 is 10.8 Å². The highest BCUT2D eigenvalue weighted by Gasteiger charge is 2.18. The molecular weight excluding hydrogens is 258 g/mol. The van der Waals surface area contributed by atoms with Crippen molar-refractivity contribution < 1.29 is 4.21 Å². The van der Waals surface area contributed by atoms with Crippen LogP contribution in [-0.4, -0.2) is 25.8 Å². The van der Waals surface area contributed by atoms with Crippen molar-refractivity contribution >= 4 is 22.4 Å². The molecule has 0 spiro atoms. The van der Waals surface area contributed by atoms with Crippen LogP contribution in [0.2, 0.25) is 5.02 Å². The number of rotatable bonds is 6. The third-order valence-corrected chi connectivity index (χ3v) is 4.93. The van der Waals surface area contributed by atoms with Crippen molar-refractivity contribution in [3.05, 3.63) is 16.4 Å². The van der Waals surface area contributed by atoms with Crippen LogP contribution in [0.1, 0.15) is 31.7 Å². The van der Waals surface area contributed by atoms with E-state index in [1.165, 1.54) is 0 Å². The minimum Gasteiger partial charge on any atom is -0.330 e. The summed E-state index contributed by atoms with van der Waals surface area (Å²) >= 11 is 6.21. The lowest BCUT2D eigenvalue weighted by atomic mass is 10.3. The van der Waals surface area contributed by atoms with Gasteiger partial charge in [-0.3, -0.25) is 8.89 Å². The van der Waals surface area contributed by atoms with Crippen LogP contribution in [0, 0.1) is 0 Å². The van der Waals surface area contributed by atoms with Gasteiger partial charge in [-0.2, -0.15) is 5.10 Å². The zero-order valence-electron chi connectivity index (χ0n) is 10.6.